The van der Waals surface area contributed by atoms with Crippen LogP contribution in [0.25, 0.3) is 33.6 Å². The van der Waals surface area contributed by atoms with Crippen LogP contribution in [0.4, 0.5) is 17.6 Å². The molecule has 177 valence electrons. The van der Waals surface area contributed by atoms with Crippen LogP contribution in [0, 0.1) is 35.4 Å². The first-order valence-electron chi connectivity index (χ1n) is 10.2. The van der Waals surface area contributed by atoms with E-state index in [1.165, 1.54) is 6.20 Å². The second-order valence-corrected chi connectivity index (χ2v) is 7.01. The number of pyridine rings is 2. The second-order valence-electron chi connectivity index (χ2n) is 7.01. The van der Waals surface area contributed by atoms with Crippen molar-refractivity contribution in [3.8, 4) is 33.6 Å². The number of hydrogen-bond donors (Lipinski definition) is 0. The van der Waals surface area contributed by atoms with Crippen molar-refractivity contribution in [3.63, 3.8) is 0 Å². The van der Waals surface area contributed by atoms with Gasteiger partial charge in [0.25, 0.3) is 0 Å². The fraction of sp³-hybridized carbons (Fsp3) is 0. The number of nitrogens with zero attached hydrogens (tertiary/aromatic N) is 2. The van der Waals surface area contributed by atoms with Crippen LogP contribution in [0.5, 0.6) is 0 Å². The summed E-state index contributed by atoms with van der Waals surface area (Å²) in [6.45, 7) is 0. The minimum absolute atomic E-state index is 0. The molecular weight excluding hydrogens is 633 g/mol. The first-order valence-corrected chi connectivity index (χ1v) is 10.2. The van der Waals surface area contributed by atoms with Crippen molar-refractivity contribution in [2.45, 2.75) is 0 Å². The van der Waals surface area contributed by atoms with Gasteiger partial charge in [0.15, 0.2) is 0 Å². The first-order chi connectivity index (χ1) is 16.6. The van der Waals surface area contributed by atoms with Crippen molar-refractivity contribution in [3.05, 3.63) is 133 Å². The van der Waals surface area contributed by atoms with Gasteiger partial charge in [0, 0.05) is 32.5 Å². The summed E-state index contributed by atoms with van der Waals surface area (Å²) in [6, 6.07) is 30.8. The van der Waals surface area contributed by atoms with Crippen LogP contribution in [0.2, 0.25) is 0 Å². The van der Waals surface area contributed by atoms with Gasteiger partial charge in [-0.05, 0) is 34.6 Å². The van der Waals surface area contributed by atoms with Gasteiger partial charge in [-0.3, -0.25) is 8.78 Å². The Balaban J connectivity index is 0.000000223. The summed E-state index contributed by atoms with van der Waals surface area (Å²) in [6.07, 6.45) is 3.14. The van der Waals surface area contributed by atoms with Gasteiger partial charge < -0.3 is 9.97 Å². The monoisotopic (exact) mass is 649 g/mol. The van der Waals surface area contributed by atoms with Crippen molar-refractivity contribution in [2.75, 3.05) is 0 Å². The predicted octanol–water partition coefficient (Wildman–Crippen LogP) is 7.32. The third-order valence-electron chi connectivity index (χ3n) is 4.81. The topological polar surface area (TPSA) is 25.8 Å². The zero-order valence-corrected chi connectivity index (χ0v) is 20.4. The zero-order chi connectivity index (χ0) is 23.9. The molecule has 2 aromatic heterocycles. The number of halogens is 4. The Kier molecular flexibility index (Phi) is 9.01. The number of benzene rings is 3. The molecule has 7 heteroatoms. The smallest absolute Gasteiger partial charge is 0.114 e. The molecule has 0 bridgehead atoms. The van der Waals surface area contributed by atoms with Crippen molar-refractivity contribution in [2.24, 2.45) is 0 Å². The van der Waals surface area contributed by atoms with Gasteiger partial charge in [0.1, 0.15) is 11.6 Å². The maximum absolute atomic E-state index is 14.0. The fourth-order valence-corrected chi connectivity index (χ4v) is 3.22. The summed E-state index contributed by atoms with van der Waals surface area (Å²) in [5, 5.41) is 0. The van der Waals surface area contributed by atoms with Crippen LogP contribution in [0.15, 0.2) is 97.3 Å². The van der Waals surface area contributed by atoms with Gasteiger partial charge in [-0.1, -0.05) is 60.2 Å². The Bertz CT molecular complexity index is 1350. The van der Waals surface area contributed by atoms with E-state index in [0.717, 1.165) is 11.3 Å². The van der Waals surface area contributed by atoms with Crippen LogP contribution in [-0.4, -0.2) is 9.97 Å². The van der Waals surface area contributed by atoms with Crippen LogP contribution in [0.1, 0.15) is 0 Å². The Morgan fingerprint density at radius 2 is 1.34 bits per heavy atom. The third-order valence-corrected chi connectivity index (χ3v) is 4.81. The average molecular weight is 649 g/mol. The molecule has 0 unspecified atom stereocenters. The van der Waals surface area contributed by atoms with Gasteiger partial charge in [-0.2, -0.15) is 0 Å². The van der Waals surface area contributed by atoms with Crippen molar-refractivity contribution < 1.29 is 37.7 Å². The Hall–Kier alpha value is -3.67. The quantitative estimate of drug-likeness (QED) is 0.0888. The molecule has 2 nitrogen and oxygen atoms in total. The molecule has 0 aliphatic heterocycles. The van der Waals surface area contributed by atoms with Crippen molar-refractivity contribution >= 4 is 0 Å². The molecule has 0 saturated carbocycles. The minimum Gasteiger partial charge on any atom is -0.305 e. The van der Waals surface area contributed by atoms with Gasteiger partial charge in [-0.15, -0.1) is 35.9 Å². The normalized spacial score (nSPS) is 10.1. The average Bonchev–Trinajstić information content (AvgIpc) is 2.91. The number of rotatable bonds is 3. The van der Waals surface area contributed by atoms with Crippen LogP contribution >= 0.6 is 0 Å². The maximum Gasteiger partial charge on any atom is 0.114 e. The summed E-state index contributed by atoms with van der Waals surface area (Å²) < 4.78 is 53.8. The fourth-order valence-electron chi connectivity index (χ4n) is 3.22. The summed E-state index contributed by atoms with van der Waals surface area (Å²) in [5.74, 6) is -6.87. The molecule has 0 spiro atoms. The Labute approximate surface area is 213 Å². The Morgan fingerprint density at radius 1 is 0.629 bits per heavy atom. The van der Waals surface area contributed by atoms with Gasteiger partial charge in [0.2, 0.25) is 0 Å². The standard InChI is InChI=1S/C17H8F4N.C11H8N.Ir/c18-13-9-12(14(19)16(21)15(13)20)17-11(7-4-8-22-17)10-5-2-1-3-6-10;1-2-6-10(7-3-1)11-8-4-5-9-12-11;/h1-8H;1-6,8-9H;/q2*-1;. The zero-order valence-electron chi connectivity index (χ0n) is 18.0. The molecule has 0 N–H and O–H groups in total. The van der Waals surface area contributed by atoms with Gasteiger partial charge >= 0.3 is 0 Å². The molecule has 0 fully saturated rings. The summed E-state index contributed by atoms with van der Waals surface area (Å²) >= 11 is 0. The molecule has 35 heavy (non-hydrogen) atoms. The molecule has 1 radical (unpaired) electrons. The molecule has 2 heterocycles. The molecule has 0 amide bonds. The first kappa shape index (κ1) is 25.9. The van der Waals surface area contributed by atoms with E-state index >= 15 is 0 Å². The van der Waals surface area contributed by atoms with E-state index in [9.17, 15) is 17.6 Å². The molecule has 5 rings (SSSR count). The van der Waals surface area contributed by atoms with Crippen LogP contribution in [0.3, 0.4) is 0 Å². The Morgan fingerprint density at radius 3 is 2.03 bits per heavy atom. The maximum atomic E-state index is 14.0. The molecular formula is C28H16F4IrN2-2. The second kappa shape index (κ2) is 12.2. The SMILES string of the molecule is Fc1[c-]c(-c2ncccc2-c2ccccc2)c(F)c(F)c1F.[Ir].[c-]1ccccc1-c1ccccn1. The van der Waals surface area contributed by atoms with Gasteiger partial charge in [-0.25, -0.2) is 8.78 Å². The van der Waals surface area contributed by atoms with E-state index in [1.54, 1.807) is 48.7 Å². The predicted molar refractivity (Wildman–Crippen MR) is 122 cm³/mol. The minimum atomic E-state index is -1.89. The van der Waals surface area contributed by atoms with Crippen LogP contribution in [-0.2, 0) is 20.1 Å². The van der Waals surface area contributed by atoms with E-state index in [4.69, 9.17) is 0 Å². The molecule has 0 aliphatic rings. The van der Waals surface area contributed by atoms with E-state index in [2.05, 4.69) is 16.0 Å². The molecule has 3 aromatic carbocycles. The molecule has 5 aromatic rings. The largest absolute Gasteiger partial charge is 0.305 e. The van der Waals surface area contributed by atoms with E-state index in [0.29, 0.717) is 11.1 Å². The molecule has 0 saturated heterocycles. The summed E-state index contributed by atoms with van der Waals surface area (Å²) in [7, 11) is 0. The molecule has 0 atom stereocenters. The van der Waals surface area contributed by atoms with Gasteiger partial charge in [0.05, 0.1) is 11.6 Å². The summed E-state index contributed by atoms with van der Waals surface area (Å²) in [5.41, 5.74) is 2.60. The van der Waals surface area contributed by atoms with E-state index < -0.39 is 28.8 Å². The number of hydrogen-bond acceptors (Lipinski definition) is 2. The van der Waals surface area contributed by atoms with E-state index in [1.807, 2.05) is 48.5 Å². The number of aromatic nitrogens is 2. The van der Waals surface area contributed by atoms with Crippen molar-refractivity contribution in [1.29, 1.82) is 0 Å². The molecule has 0 aliphatic carbocycles. The van der Waals surface area contributed by atoms with E-state index in [-0.39, 0.29) is 25.8 Å². The summed E-state index contributed by atoms with van der Waals surface area (Å²) in [4.78, 5) is 8.19. The van der Waals surface area contributed by atoms with Crippen LogP contribution < -0.4 is 0 Å². The van der Waals surface area contributed by atoms with Crippen molar-refractivity contribution in [1.82, 2.24) is 9.97 Å². The third kappa shape index (κ3) is 6.07.